The highest BCUT2D eigenvalue weighted by Gasteiger charge is 2.28. The van der Waals surface area contributed by atoms with Gasteiger partial charge in [0.05, 0.1) is 0 Å². The molecule has 1 amide bonds. The van der Waals surface area contributed by atoms with Crippen LogP contribution in [-0.4, -0.2) is 43.1 Å². The fraction of sp³-hybridized carbons (Fsp3) is 0.409. The number of rotatable bonds is 5. The summed E-state index contributed by atoms with van der Waals surface area (Å²) in [5.74, 6) is 0.573. The van der Waals surface area contributed by atoms with Gasteiger partial charge in [-0.15, -0.1) is 0 Å². The van der Waals surface area contributed by atoms with E-state index in [0.29, 0.717) is 19.5 Å². The fourth-order valence-corrected chi connectivity index (χ4v) is 3.43. The standard InChI is InChI=1S/C22H27FN2O2/c1-4-20(27-21-10-5-16(2)15-17(21)3)22(26)25-13-11-24(12-14-25)19-8-6-18(23)7-9-19/h5-10,15,20H,4,11-14H2,1-3H3. The van der Waals surface area contributed by atoms with Gasteiger partial charge in [0.15, 0.2) is 6.10 Å². The molecule has 0 radical (unpaired) electrons. The second kappa shape index (κ2) is 8.42. The molecule has 1 unspecified atom stereocenters. The number of piperazine rings is 1. The summed E-state index contributed by atoms with van der Waals surface area (Å²) in [7, 11) is 0. The van der Waals surface area contributed by atoms with E-state index in [9.17, 15) is 9.18 Å². The summed E-state index contributed by atoms with van der Waals surface area (Å²) in [6.07, 6.45) is 0.161. The Labute approximate surface area is 160 Å². The Balaban J connectivity index is 1.60. The lowest BCUT2D eigenvalue weighted by Crippen LogP contribution is -2.52. The van der Waals surface area contributed by atoms with Crippen LogP contribution in [0.4, 0.5) is 10.1 Å². The summed E-state index contributed by atoms with van der Waals surface area (Å²) >= 11 is 0. The highest BCUT2D eigenvalue weighted by Crippen LogP contribution is 2.22. The van der Waals surface area contributed by atoms with Crippen LogP contribution < -0.4 is 9.64 Å². The van der Waals surface area contributed by atoms with Crippen LogP contribution in [0.15, 0.2) is 42.5 Å². The summed E-state index contributed by atoms with van der Waals surface area (Å²) in [6, 6.07) is 12.5. The summed E-state index contributed by atoms with van der Waals surface area (Å²) in [5, 5.41) is 0. The van der Waals surface area contributed by atoms with Crippen molar-refractivity contribution in [3.05, 3.63) is 59.4 Å². The molecule has 1 aliphatic rings. The van der Waals surface area contributed by atoms with Crippen LogP contribution in [0.25, 0.3) is 0 Å². The Morgan fingerprint density at radius 1 is 1.07 bits per heavy atom. The molecule has 1 aliphatic heterocycles. The molecule has 1 fully saturated rings. The zero-order valence-electron chi connectivity index (χ0n) is 16.2. The second-order valence-electron chi connectivity index (χ2n) is 7.07. The van der Waals surface area contributed by atoms with E-state index in [1.54, 1.807) is 12.1 Å². The normalized spacial score (nSPS) is 15.6. The van der Waals surface area contributed by atoms with E-state index in [-0.39, 0.29) is 11.7 Å². The highest BCUT2D eigenvalue weighted by molar-refractivity contribution is 5.81. The average Bonchev–Trinajstić information content (AvgIpc) is 2.68. The van der Waals surface area contributed by atoms with Gasteiger partial charge in [0.2, 0.25) is 0 Å². The van der Waals surface area contributed by atoms with Crippen LogP contribution >= 0.6 is 0 Å². The molecular weight excluding hydrogens is 343 g/mol. The number of carbonyl (C=O) groups excluding carboxylic acids is 1. The number of aryl methyl sites for hydroxylation is 2. The molecule has 1 saturated heterocycles. The van der Waals surface area contributed by atoms with Crippen molar-refractivity contribution in [1.82, 2.24) is 4.90 Å². The number of nitrogens with zero attached hydrogens (tertiary/aromatic N) is 2. The molecule has 4 nitrogen and oxygen atoms in total. The lowest BCUT2D eigenvalue weighted by molar-refractivity contribution is -0.139. The summed E-state index contributed by atoms with van der Waals surface area (Å²) < 4.78 is 19.1. The Bertz CT molecular complexity index is 783. The van der Waals surface area contributed by atoms with Gasteiger partial charge < -0.3 is 14.5 Å². The van der Waals surface area contributed by atoms with E-state index in [0.717, 1.165) is 30.1 Å². The molecule has 0 N–H and O–H groups in total. The van der Waals surface area contributed by atoms with Gasteiger partial charge in [0.25, 0.3) is 5.91 Å². The van der Waals surface area contributed by atoms with Gasteiger partial charge in [0.1, 0.15) is 11.6 Å². The summed E-state index contributed by atoms with van der Waals surface area (Å²) in [4.78, 5) is 17.0. The minimum Gasteiger partial charge on any atom is -0.480 e. The number of amides is 1. The molecule has 1 atom stereocenters. The lowest BCUT2D eigenvalue weighted by Gasteiger charge is -2.37. The van der Waals surface area contributed by atoms with Crippen molar-refractivity contribution >= 4 is 11.6 Å². The molecule has 3 rings (SSSR count). The van der Waals surface area contributed by atoms with Gasteiger partial charge in [-0.05, 0) is 56.2 Å². The minimum absolute atomic E-state index is 0.0382. The number of hydrogen-bond acceptors (Lipinski definition) is 3. The number of ether oxygens (including phenoxy) is 1. The minimum atomic E-state index is -0.469. The van der Waals surface area contributed by atoms with Gasteiger partial charge in [0, 0.05) is 31.9 Å². The van der Waals surface area contributed by atoms with Crippen LogP contribution in [0.1, 0.15) is 24.5 Å². The van der Waals surface area contributed by atoms with Crippen LogP contribution in [0.3, 0.4) is 0 Å². The quantitative estimate of drug-likeness (QED) is 0.799. The van der Waals surface area contributed by atoms with Crippen LogP contribution in [0.2, 0.25) is 0 Å². The second-order valence-corrected chi connectivity index (χ2v) is 7.07. The fourth-order valence-electron chi connectivity index (χ4n) is 3.43. The van der Waals surface area contributed by atoms with E-state index in [1.807, 2.05) is 37.8 Å². The first kappa shape index (κ1) is 19.2. The number of anilines is 1. The number of halogens is 1. The molecule has 0 aromatic heterocycles. The first-order valence-electron chi connectivity index (χ1n) is 9.51. The maximum Gasteiger partial charge on any atom is 0.263 e. The number of carbonyl (C=O) groups is 1. The Hall–Kier alpha value is -2.56. The van der Waals surface area contributed by atoms with E-state index in [1.165, 1.54) is 17.7 Å². The highest BCUT2D eigenvalue weighted by atomic mass is 19.1. The zero-order chi connectivity index (χ0) is 19.4. The Morgan fingerprint density at radius 2 is 1.74 bits per heavy atom. The predicted molar refractivity (Wildman–Crippen MR) is 106 cm³/mol. The first-order chi connectivity index (χ1) is 13.0. The van der Waals surface area contributed by atoms with Gasteiger partial charge in [-0.2, -0.15) is 0 Å². The van der Waals surface area contributed by atoms with Crippen molar-refractivity contribution in [3.63, 3.8) is 0 Å². The van der Waals surface area contributed by atoms with Crippen LogP contribution in [-0.2, 0) is 4.79 Å². The van der Waals surface area contributed by atoms with Crippen LogP contribution in [0.5, 0.6) is 5.75 Å². The Morgan fingerprint density at radius 3 is 2.33 bits per heavy atom. The van der Waals surface area contributed by atoms with Crippen molar-refractivity contribution < 1.29 is 13.9 Å². The predicted octanol–water partition coefficient (Wildman–Crippen LogP) is 3.95. The molecule has 1 heterocycles. The lowest BCUT2D eigenvalue weighted by atomic mass is 10.1. The molecule has 0 spiro atoms. The molecule has 0 saturated carbocycles. The largest absolute Gasteiger partial charge is 0.480 e. The van der Waals surface area contributed by atoms with E-state index >= 15 is 0 Å². The van der Waals surface area contributed by atoms with E-state index in [4.69, 9.17) is 4.74 Å². The average molecular weight is 370 g/mol. The maximum absolute atomic E-state index is 13.1. The maximum atomic E-state index is 13.1. The van der Waals surface area contributed by atoms with Crippen LogP contribution in [0, 0.1) is 19.7 Å². The van der Waals surface area contributed by atoms with Gasteiger partial charge in [-0.1, -0.05) is 24.6 Å². The van der Waals surface area contributed by atoms with Crippen molar-refractivity contribution in [3.8, 4) is 5.75 Å². The zero-order valence-corrected chi connectivity index (χ0v) is 16.2. The SMILES string of the molecule is CCC(Oc1ccc(C)cc1C)C(=O)N1CCN(c2ccc(F)cc2)CC1. The molecule has 0 bridgehead atoms. The molecule has 2 aromatic carbocycles. The van der Waals surface area contributed by atoms with Gasteiger partial charge in [-0.3, -0.25) is 4.79 Å². The molecule has 144 valence electrons. The van der Waals surface area contributed by atoms with Crippen molar-refractivity contribution in [2.45, 2.75) is 33.3 Å². The van der Waals surface area contributed by atoms with Gasteiger partial charge in [-0.25, -0.2) is 4.39 Å². The summed E-state index contributed by atoms with van der Waals surface area (Å²) in [6.45, 7) is 8.77. The molecule has 2 aromatic rings. The van der Waals surface area contributed by atoms with Crippen molar-refractivity contribution in [2.24, 2.45) is 0 Å². The van der Waals surface area contributed by atoms with Crippen molar-refractivity contribution in [1.29, 1.82) is 0 Å². The third kappa shape index (κ3) is 4.59. The van der Waals surface area contributed by atoms with Crippen molar-refractivity contribution in [2.75, 3.05) is 31.1 Å². The first-order valence-corrected chi connectivity index (χ1v) is 9.51. The summed E-state index contributed by atoms with van der Waals surface area (Å²) in [5.41, 5.74) is 3.21. The molecule has 27 heavy (non-hydrogen) atoms. The Kier molecular flexibility index (Phi) is 5.99. The molecule has 5 heteroatoms. The molecule has 0 aliphatic carbocycles. The molecular formula is C22H27FN2O2. The van der Waals surface area contributed by atoms with Gasteiger partial charge >= 0.3 is 0 Å². The monoisotopic (exact) mass is 370 g/mol. The number of benzene rings is 2. The number of hydrogen-bond donors (Lipinski definition) is 0. The third-order valence-corrected chi connectivity index (χ3v) is 5.03. The van der Waals surface area contributed by atoms with E-state index < -0.39 is 6.10 Å². The topological polar surface area (TPSA) is 32.8 Å². The smallest absolute Gasteiger partial charge is 0.263 e. The third-order valence-electron chi connectivity index (χ3n) is 5.03. The van der Waals surface area contributed by atoms with E-state index in [2.05, 4.69) is 11.0 Å².